The number of hydrogen-bond acceptors (Lipinski definition) is 0. The average Bonchev–Trinajstić information content (AvgIpc) is 2.14. The molecule has 0 saturated heterocycles. The van der Waals surface area contributed by atoms with Crippen LogP contribution in [0.1, 0.15) is 17.5 Å². The highest BCUT2D eigenvalue weighted by Crippen LogP contribution is 2.19. The van der Waals surface area contributed by atoms with E-state index in [-0.39, 0.29) is 5.82 Å². The van der Waals surface area contributed by atoms with Crippen molar-refractivity contribution in [2.75, 3.05) is 5.33 Å². The summed E-state index contributed by atoms with van der Waals surface area (Å²) in [6, 6.07) is 2.97. The molecule has 3 heteroatoms. The molecule has 0 amide bonds. The fraction of sp³-hybridized carbons (Fsp3) is 0.273. The topological polar surface area (TPSA) is 0 Å². The Labute approximate surface area is 96.6 Å². The third kappa shape index (κ3) is 3.01. The Hall–Kier alpha value is -0.520. The number of benzene rings is 1. The molecular formula is C11H9BrClF. The highest BCUT2D eigenvalue weighted by Gasteiger charge is 2.02. The van der Waals surface area contributed by atoms with Crippen LogP contribution in [0.3, 0.4) is 0 Å². The third-order valence-corrected chi connectivity index (χ3v) is 2.49. The molecule has 0 aliphatic rings. The van der Waals surface area contributed by atoms with Gasteiger partial charge in [0.2, 0.25) is 0 Å². The molecule has 1 aromatic carbocycles. The Morgan fingerprint density at radius 3 is 2.86 bits per heavy atom. The predicted octanol–water partition coefficient (Wildman–Crippen LogP) is 3.92. The van der Waals surface area contributed by atoms with Crippen molar-refractivity contribution in [2.24, 2.45) is 0 Å². The summed E-state index contributed by atoms with van der Waals surface area (Å²) in [7, 11) is 0. The molecule has 0 radical (unpaired) electrons. The zero-order valence-corrected chi connectivity index (χ0v) is 10.0. The molecule has 0 bridgehead atoms. The van der Waals surface area contributed by atoms with Crippen molar-refractivity contribution >= 4 is 27.5 Å². The summed E-state index contributed by atoms with van der Waals surface area (Å²) in [6.45, 7) is 1.76. The Morgan fingerprint density at radius 1 is 1.50 bits per heavy atom. The molecule has 14 heavy (non-hydrogen) atoms. The minimum absolute atomic E-state index is 0.311. The normalized spacial score (nSPS) is 9.43. The number of rotatable bonds is 1. The van der Waals surface area contributed by atoms with E-state index in [1.807, 2.05) is 0 Å². The van der Waals surface area contributed by atoms with Gasteiger partial charge in [0.15, 0.2) is 0 Å². The van der Waals surface area contributed by atoms with Crippen molar-refractivity contribution in [2.45, 2.75) is 13.3 Å². The van der Waals surface area contributed by atoms with E-state index in [0.29, 0.717) is 17.0 Å². The molecule has 0 aromatic heterocycles. The van der Waals surface area contributed by atoms with E-state index in [0.717, 1.165) is 10.9 Å². The van der Waals surface area contributed by atoms with Gasteiger partial charge >= 0.3 is 0 Å². The third-order valence-electron chi connectivity index (χ3n) is 1.69. The maximum atomic E-state index is 13.3. The monoisotopic (exact) mass is 274 g/mol. The second-order valence-corrected chi connectivity index (χ2v) is 4.02. The van der Waals surface area contributed by atoms with Gasteiger partial charge in [-0.05, 0) is 24.6 Å². The molecule has 0 fully saturated rings. The smallest absolute Gasteiger partial charge is 0.139 e. The summed E-state index contributed by atoms with van der Waals surface area (Å²) in [4.78, 5) is 0. The second kappa shape index (κ2) is 5.38. The van der Waals surface area contributed by atoms with Crippen LogP contribution in [0.4, 0.5) is 4.39 Å². The lowest BCUT2D eigenvalue weighted by molar-refractivity contribution is 0.623. The first-order valence-electron chi connectivity index (χ1n) is 4.15. The van der Waals surface area contributed by atoms with Gasteiger partial charge in [0.05, 0.1) is 5.56 Å². The fourth-order valence-electron chi connectivity index (χ4n) is 0.947. The fourth-order valence-corrected chi connectivity index (χ4v) is 1.31. The van der Waals surface area contributed by atoms with E-state index >= 15 is 0 Å². The summed E-state index contributed by atoms with van der Waals surface area (Å²) < 4.78 is 13.3. The Balaban J connectivity index is 3.00. The molecule has 0 saturated carbocycles. The van der Waals surface area contributed by atoms with Gasteiger partial charge in [-0.15, -0.1) is 0 Å². The Morgan fingerprint density at radius 2 is 2.21 bits per heavy atom. The molecule has 0 N–H and O–H groups in total. The molecule has 0 unspecified atom stereocenters. The summed E-state index contributed by atoms with van der Waals surface area (Å²) in [5.74, 6) is 5.27. The van der Waals surface area contributed by atoms with Crippen molar-refractivity contribution in [1.29, 1.82) is 0 Å². The lowest BCUT2D eigenvalue weighted by atomic mass is 10.1. The van der Waals surface area contributed by atoms with Crippen LogP contribution >= 0.6 is 27.5 Å². The van der Waals surface area contributed by atoms with Gasteiger partial charge in [-0.2, -0.15) is 0 Å². The van der Waals surface area contributed by atoms with Gasteiger partial charge in [0, 0.05) is 16.8 Å². The van der Waals surface area contributed by atoms with E-state index < -0.39 is 0 Å². The zero-order chi connectivity index (χ0) is 10.6. The molecule has 0 nitrogen and oxygen atoms in total. The van der Waals surface area contributed by atoms with Crippen LogP contribution in [0, 0.1) is 24.6 Å². The van der Waals surface area contributed by atoms with Gasteiger partial charge in [-0.25, -0.2) is 4.39 Å². The molecule has 1 aromatic rings. The molecule has 0 aliphatic heterocycles. The number of aryl methyl sites for hydroxylation is 1. The van der Waals surface area contributed by atoms with E-state index in [1.54, 1.807) is 13.0 Å². The summed E-state index contributed by atoms with van der Waals surface area (Å²) in [5, 5.41) is 1.34. The first kappa shape index (κ1) is 11.6. The minimum Gasteiger partial charge on any atom is -0.206 e. The highest BCUT2D eigenvalue weighted by molar-refractivity contribution is 9.09. The maximum Gasteiger partial charge on any atom is 0.139 e. The van der Waals surface area contributed by atoms with Crippen molar-refractivity contribution in [3.63, 3.8) is 0 Å². The molecule has 0 spiro atoms. The zero-order valence-electron chi connectivity index (χ0n) is 7.70. The Kier molecular flexibility index (Phi) is 4.44. The van der Waals surface area contributed by atoms with Gasteiger partial charge in [0.25, 0.3) is 0 Å². The summed E-state index contributed by atoms with van der Waals surface area (Å²) in [6.07, 6.45) is 0.699. The Bertz CT molecular complexity index is 390. The van der Waals surface area contributed by atoms with E-state index in [4.69, 9.17) is 11.6 Å². The van der Waals surface area contributed by atoms with Crippen LogP contribution in [0.15, 0.2) is 12.1 Å². The average molecular weight is 276 g/mol. The lowest BCUT2D eigenvalue weighted by Gasteiger charge is -1.99. The van der Waals surface area contributed by atoms with Crippen molar-refractivity contribution in [1.82, 2.24) is 0 Å². The molecule has 0 aliphatic carbocycles. The second-order valence-electron chi connectivity index (χ2n) is 2.82. The van der Waals surface area contributed by atoms with Crippen LogP contribution < -0.4 is 0 Å². The van der Waals surface area contributed by atoms with Crippen LogP contribution in [0.25, 0.3) is 0 Å². The number of hydrogen-bond donors (Lipinski definition) is 0. The van der Waals surface area contributed by atoms with Crippen molar-refractivity contribution in [3.05, 3.63) is 34.1 Å². The lowest BCUT2D eigenvalue weighted by Crippen LogP contribution is -1.86. The molecule has 74 valence electrons. The van der Waals surface area contributed by atoms with E-state index in [2.05, 4.69) is 27.8 Å². The van der Waals surface area contributed by atoms with Gasteiger partial charge in [-0.3, -0.25) is 0 Å². The van der Waals surface area contributed by atoms with Crippen molar-refractivity contribution in [3.8, 4) is 11.8 Å². The maximum absolute atomic E-state index is 13.3. The molecule has 0 atom stereocenters. The molecule has 0 heterocycles. The predicted molar refractivity (Wildman–Crippen MR) is 61.4 cm³/mol. The van der Waals surface area contributed by atoms with E-state index in [9.17, 15) is 4.39 Å². The molecule has 1 rings (SSSR count). The number of halogens is 3. The summed E-state index contributed by atoms with van der Waals surface area (Å²) in [5.41, 5.74) is 1.09. The first-order valence-corrected chi connectivity index (χ1v) is 5.65. The van der Waals surface area contributed by atoms with Gasteiger partial charge in [0.1, 0.15) is 5.82 Å². The van der Waals surface area contributed by atoms with Crippen molar-refractivity contribution < 1.29 is 4.39 Å². The standard InChI is InChI=1S/C11H9BrClF/c1-8-6-11(14)9(7-10(8)13)4-2-3-5-12/h6-7H,3,5H2,1H3. The van der Waals surface area contributed by atoms with Crippen LogP contribution in [-0.2, 0) is 0 Å². The largest absolute Gasteiger partial charge is 0.206 e. The SMILES string of the molecule is Cc1cc(F)c(C#CCCBr)cc1Cl. The number of alkyl halides is 1. The first-order chi connectivity index (χ1) is 6.65. The highest BCUT2D eigenvalue weighted by atomic mass is 79.9. The van der Waals surface area contributed by atoms with Crippen LogP contribution in [0.5, 0.6) is 0 Å². The minimum atomic E-state index is -0.311. The van der Waals surface area contributed by atoms with E-state index in [1.165, 1.54) is 6.07 Å². The van der Waals surface area contributed by atoms with Gasteiger partial charge < -0.3 is 0 Å². The van der Waals surface area contributed by atoms with Crippen LogP contribution in [0.2, 0.25) is 5.02 Å². The van der Waals surface area contributed by atoms with Gasteiger partial charge in [-0.1, -0.05) is 39.4 Å². The quantitative estimate of drug-likeness (QED) is 0.538. The summed E-state index contributed by atoms with van der Waals surface area (Å²) >= 11 is 9.10. The molecular weight excluding hydrogens is 266 g/mol. The van der Waals surface area contributed by atoms with Crippen LogP contribution in [-0.4, -0.2) is 5.33 Å².